The maximum absolute atomic E-state index is 11.9. The van der Waals surface area contributed by atoms with Crippen molar-refractivity contribution in [2.24, 2.45) is 0 Å². The highest BCUT2D eigenvalue weighted by atomic mass is 127. The highest BCUT2D eigenvalue weighted by Crippen LogP contribution is 2.27. The predicted molar refractivity (Wildman–Crippen MR) is 91.1 cm³/mol. The van der Waals surface area contributed by atoms with E-state index in [9.17, 15) is 14.9 Å². The molecule has 0 aliphatic heterocycles. The Morgan fingerprint density at radius 3 is 2.73 bits per heavy atom. The second kappa shape index (κ2) is 7.21. The zero-order valence-corrected chi connectivity index (χ0v) is 13.9. The normalized spacial score (nSPS) is 10.1. The van der Waals surface area contributed by atoms with Gasteiger partial charge in [0, 0.05) is 9.64 Å². The fourth-order valence-electron chi connectivity index (χ4n) is 1.78. The molecule has 7 heteroatoms. The van der Waals surface area contributed by atoms with E-state index in [0.717, 1.165) is 9.13 Å². The molecule has 2 aromatic carbocycles. The predicted octanol–water partition coefficient (Wildman–Crippen LogP) is 3.53. The van der Waals surface area contributed by atoms with Crippen LogP contribution in [0.5, 0.6) is 5.75 Å². The van der Waals surface area contributed by atoms with Crippen LogP contribution in [0.3, 0.4) is 0 Å². The molecular weight excluding hydrogens is 399 g/mol. The molecule has 114 valence electrons. The van der Waals surface area contributed by atoms with Crippen molar-refractivity contribution in [3.8, 4) is 5.75 Å². The summed E-state index contributed by atoms with van der Waals surface area (Å²) in [5.74, 6) is -0.299. The molecule has 1 amide bonds. The van der Waals surface area contributed by atoms with Gasteiger partial charge in [-0.15, -0.1) is 0 Å². The molecule has 2 rings (SSSR count). The molecule has 6 nitrogen and oxygen atoms in total. The standard InChI is InChI=1S/C15H13IN2O4/c1-10-6-7-14(13(8-10)18(20)21)22-9-15(19)17-12-5-3-2-4-11(12)16/h2-8H,9H2,1H3,(H,17,19). The van der Waals surface area contributed by atoms with Gasteiger partial charge in [-0.2, -0.15) is 0 Å². The SMILES string of the molecule is Cc1ccc(OCC(=O)Nc2ccccc2I)c([N+](=O)[O-])c1. The van der Waals surface area contributed by atoms with E-state index in [2.05, 4.69) is 27.9 Å². The average Bonchev–Trinajstić information content (AvgIpc) is 2.48. The van der Waals surface area contributed by atoms with E-state index in [1.165, 1.54) is 12.1 Å². The van der Waals surface area contributed by atoms with Crippen molar-refractivity contribution in [2.75, 3.05) is 11.9 Å². The minimum absolute atomic E-state index is 0.0773. The molecule has 0 spiro atoms. The third kappa shape index (κ3) is 4.17. The lowest BCUT2D eigenvalue weighted by Crippen LogP contribution is -2.21. The topological polar surface area (TPSA) is 81.5 Å². The Kier molecular flexibility index (Phi) is 5.31. The molecule has 0 unspecified atom stereocenters. The largest absolute Gasteiger partial charge is 0.477 e. The Morgan fingerprint density at radius 2 is 2.05 bits per heavy atom. The number of aryl methyl sites for hydroxylation is 1. The first-order valence-corrected chi connectivity index (χ1v) is 7.47. The molecule has 0 fully saturated rings. The molecule has 0 heterocycles. The Morgan fingerprint density at radius 1 is 1.32 bits per heavy atom. The van der Waals surface area contributed by atoms with Gasteiger partial charge < -0.3 is 10.1 Å². The van der Waals surface area contributed by atoms with Gasteiger partial charge in [-0.1, -0.05) is 18.2 Å². The van der Waals surface area contributed by atoms with Gasteiger partial charge >= 0.3 is 5.69 Å². The number of nitrogens with one attached hydrogen (secondary N) is 1. The summed E-state index contributed by atoms with van der Waals surface area (Å²) >= 11 is 2.11. The Hall–Kier alpha value is -2.16. The van der Waals surface area contributed by atoms with Crippen LogP contribution in [0.1, 0.15) is 5.56 Å². The minimum atomic E-state index is -0.527. The lowest BCUT2D eigenvalue weighted by atomic mass is 10.2. The number of hydrogen-bond acceptors (Lipinski definition) is 4. The van der Waals surface area contributed by atoms with E-state index >= 15 is 0 Å². The van der Waals surface area contributed by atoms with Crippen LogP contribution in [-0.2, 0) is 4.79 Å². The van der Waals surface area contributed by atoms with Gasteiger partial charge in [0.05, 0.1) is 10.6 Å². The zero-order valence-electron chi connectivity index (χ0n) is 11.7. The molecule has 0 radical (unpaired) electrons. The molecule has 2 aromatic rings. The number of hydrogen-bond donors (Lipinski definition) is 1. The van der Waals surface area contributed by atoms with E-state index in [4.69, 9.17) is 4.74 Å². The van der Waals surface area contributed by atoms with Crippen molar-refractivity contribution in [1.82, 2.24) is 0 Å². The van der Waals surface area contributed by atoms with Crippen LogP contribution in [0.15, 0.2) is 42.5 Å². The number of carbonyl (C=O) groups is 1. The molecule has 0 saturated carbocycles. The average molecular weight is 412 g/mol. The minimum Gasteiger partial charge on any atom is -0.477 e. The van der Waals surface area contributed by atoms with E-state index in [-0.39, 0.29) is 24.0 Å². The van der Waals surface area contributed by atoms with Gasteiger partial charge in [-0.25, -0.2) is 0 Å². The monoisotopic (exact) mass is 412 g/mol. The number of nitro benzene ring substituents is 1. The van der Waals surface area contributed by atoms with Gasteiger partial charge in [0.15, 0.2) is 12.4 Å². The Labute approximate surface area is 140 Å². The molecule has 22 heavy (non-hydrogen) atoms. The number of amides is 1. The first kappa shape index (κ1) is 16.2. The molecule has 0 aliphatic rings. The Balaban J connectivity index is 2.03. The highest BCUT2D eigenvalue weighted by Gasteiger charge is 2.16. The fraction of sp³-hybridized carbons (Fsp3) is 0.133. The maximum atomic E-state index is 11.9. The van der Waals surface area contributed by atoms with Crippen molar-refractivity contribution in [2.45, 2.75) is 6.92 Å². The molecule has 0 bridgehead atoms. The number of para-hydroxylation sites is 1. The fourth-order valence-corrected chi connectivity index (χ4v) is 2.31. The summed E-state index contributed by atoms with van der Waals surface area (Å²) in [5.41, 5.74) is 1.28. The lowest BCUT2D eigenvalue weighted by Gasteiger charge is -2.09. The van der Waals surface area contributed by atoms with Crippen LogP contribution in [0, 0.1) is 20.6 Å². The summed E-state index contributed by atoms with van der Waals surface area (Å²) in [6, 6.07) is 11.9. The maximum Gasteiger partial charge on any atom is 0.311 e. The number of rotatable bonds is 5. The number of nitrogens with zero attached hydrogens (tertiary/aromatic N) is 1. The van der Waals surface area contributed by atoms with Gasteiger partial charge in [-0.05, 0) is 53.3 Å². The van der Waals surface area contributed by atoms with Crippen LogP contribution in [-0.4, -0.2) is 17.4 Å². The third-order valence-electron chi connectivity index (χ3n) is 2.82. The quantitative estimate of drug-likeness (QED) is 0.463. The van der Waals surface area contributed by atoms with Crippen LogP contribution in [0.2, 0.25) is 0 Å². The summed E-state index contributed by atoms with van der Waals surface area (Å²) in [7, 11) is 0. The second-order valence-electron chi connectivity index (χ2n) is 4.54. The Bertz CT molecular complexity index is 718. The number of ether oxygens (including phenoxy) is 1. The van der Waals surface area contributed by atoms with Gasteiger partial charge in [0.25, 0.3) is 5.91 Å². The highest BCUT2D eigenvalue weighted by molar-refractivity contribution is 14.1. The second-order valence-corrected chi connectivity index (χ2v) is 5.71. The van der Waals surface area contributed by atoms with Gasteiger partial charge in [0.1, 0.15) is 0 Å². The first-order valence-electron chi connectivity index (χ1n) is 6.39. The summed E-state index contributed by atoms with van der Waals surface area (Å²) in [4.78, 5) is 22.3. The number of anilines is 1. The van der Waals surface area contributed by atoms with Crippen LogP contribution < -0.4 is 10.1 Å². The molecule has 0 aromatic heterocycles. The number of carbonyl (C=O) groups excluding carboxylic acids is 1. The first-order chi connectivity index (χ1) is 10.5. The van der Waals surface area contributed by atoms with E-state index in [1.807, 2.05) is 18.2 Å². The van der Waals surface area contributed by atoms with E-state index < -0.39 is 4.92 Å². The summed E-state index contributed by atoms with van der Waals surface area (Å²) in [6.45, 7) is 1.45. The summed E-state index contributed by atoms with van der Waals surface area (Å²) in [6.07, 6.45) is 0. The van der Waals surface area contributed by atoms with Crippen molar-refractivity contribution >= 4 is 39.9 Å². The van der Waals surface area contributed by atoms with Gasteiger partial charge in [0.2, 0.25) is 0 Å². The summed E-state index contributed by atoms with van der Waals surface area (Å²) < 4.78 is 6.17. The molecule has 0 saturated heterocycles. The molecule has 0 atom stereocenters. The van der Waals surface area contributed by atoms with Crippen LogP contribution in [0.4, 0.5) is 11.4 Å². The van der Waals surface area contributed by atoms with E-state index in [0.29, 0.717) is 5.69 Å². The van der Waals surface area contributed by atoms with Crippen LogP contribution in [0.25, 0.3) is 0 Å². The number of benzene rings is 2. The van der Waals surface area contributed by atoms with Crippen molar-refractivity contribution in [3.05, 3.63) is 61.7 Å². The third-order valence-corrected chi connectivity index (χ3v) is 3.76. The summed E-state index contributed by atoms with van der Waals surface area (Å²) in [5, 5.41) is 13.7. The van der Waals surface area contributed by atoms with Gasteiger partial charge in [-0.3, -0.25) is 14.9 Å². The molecule has 0 aliphatic carbocycles. The number of halogens is 1. The van der Waals surface area contributed by atoms with Crippen molar-refractivity contribution < 1.29 is 14.5 Å². The van der Waals surface area contributed by atoms with Crippen LogP contribution >= 0.6 is 22.6 Å². The zero-order chi connectivity index (χ0) is 16.1. The van der Waals surface area contributed by atoms with Crippen molar-refractivity contribution in [3.63, 3.8) is 0 Å². The molecular formula is C15H13IN2O4. The lowest BCUT2D eigenvalue weighted by molar-refractivity contribution is -0.385. The number of nitro groups is 1. The van der Waals surface area contributed by atoms with E-state index in [1.54, 1.807) is 19.1 Å². The molecule has 1 N–H and O–H groups in total. The van der Waals surface area contributed by atoms with Crippen molar-refractivity contribution in [1.29, 1.82) is 0 Å². The smallest absolute Gasteiger partial charge is 0.311 e.